The number of likely N-dealkylation sites (tertiary alicyclic amines) is 1. The average Bonchev–Trinajstić information content (AvgIpc) is 3.32. The lowest BCUT2D eigenvalue weighted by Gasteiger charge is -2.14. The first-order valence-electron chi connectivity index (χ1n) is 9.16. The lowest BCUT2D eigenvalue weighted by Crippen LogP contribution is -2.27. The van der Waals surface area contributed by atoms with Crippen LogP contribution in [0, 0.1) is 12.7 Å². The van der Waals surface area contributed by atoms with E-state index < -0.39 is 0 Å². The maximum Gasteiger partial charge on any atom is 0.264 e. The normalized spacial score (nSPS) is 14.1. The molecule has 0 aliphatic carbocycles. The van der Waals surface area contributed by atoms with Crippen molar-refractivity contribution in [3.8, 4) is 0 Å². The molecule has 1 aromatic carbocycles. The second kappa shape index (κ2) is 7.60. The van der Waals surface area contributed by atoms with Gasteiger partial charge in [-0.05, 0) is 43.4 Å². The van der Waals surface area contributed by atoms with Crippen LogP contribution in [-0.4, -0.2) is 40.4 Å². The number of hydrogen-bond acceptors (Lipinski definition) is 5. The van der Waals surface area contributed by atoms with Gasteiger partial charge in [-0.3, -0.25) is 4.79 Å². The molecule has 0 spiro atoms. The van der Waals surface area contributed by atoms with E-state index in [2.05, 4.69) is 15.3 Å². The van der Waals surface area contributed by atoms with Crippen molar-refractivity contribution in [1.82, 2.24) is 14.9 Å². The third-order valence-electron chi connectivity index (χ3n) is 4.96. The van der Waals surface area contributed by atoms with E-state index in [0.29, 0.717) is 24.3 Å². The predicted molar refractivity (Wildman–Crippen MR) is 106 cm³/mol. The SMILES string of the molecule is Cc1c(C(=O)N2CCCC2)sc2ncnc(NCCc3ccccc3F)c12. The summed E-state index contributed by atoms with van der Waals surface area (Å²) in [5.41, 5.74) is 1.59. The molecule has 1 aliphatic heterocycles. The summed E-state index contributed by atoms with van der Waals surface area (Å²) in [5, 5.41) is 4.18. The van der Waals surface area contributed by atoms with Crippen molar-refractivity contribution in [2.24, 2.45) is 0 Å². The lowest BCUT2D eigenvalue weighted by molar-refractivity contribution is 0.0797. The van der Waals surface area contributed by atoms with E-state index in [-0.39, 0.29) is 11.7 Å². The van der Waals surface area contributed by atoms with Gasteiger partial charge in [0, 0.05) is 19.6 Å². The summed E-state index contributed by atoms with van der Waals surface area (Å²) in [5.74, 6) is 0.591. The molecule has 0 radical (unpaired) electrons. The number of fused-ring (bicyclic) bond motifs is 1. The van der Waals surface area contributed by atoms with Crippen LogP contribution >= 0.6 is 11.3 Å². The Kier molecular flexibility index (Phi) is 5.03. The highest BCUT2D eigenvalue weighted by Crippen LogP contribution is 2.34. The minimum atomic E-state index is -0.197. The largest absolute Gasteiger partial charge is 0.369 e. The molecular formula is C20H21FN4OS. The number of nitrogens with zero attached hydrogens (tertiary/aromatic N) is 3. The van der Waals surface area contributed by atoms with Crippen LogP contribution in [0.2, 0.25) is 0 Å². The fourth-order valence-electron chi connectivity index (χ4n) is 3.49. The number of aromatic nitrogens is 2. The summed E-state index contributed by atoms with van der Waals surface area (Å²) in [4.78, 5) is 25.0. The maximum absolute atomic E-state index is 13.8. The monoisotopic (exact) mass is 384 g/mol. The molecule has 27 heavy (non-hydrogen) atoms. The molecule has 1 amide bonds. The summed E-state index contributed by atoms with van der Waals surface area (Å²) >= 11 is 1.42. The quantitative estimate of drug-likeness (QED) is 0.722. The Bertz CT molecular complexity index is 981. The number of benzene rings is 1. The standard InChI is InChI=1S/C20H21FN4OS/c1-13-16-18(22-9-8-14-6-2-3-7-15(14)21)23-12-24-19(16)27-17(13)20(26)25-10-4-5-11-25/h2-3,6-7,12H,4-5,8-11H2,1H3,(H,22,23,24). The Labute approximate surface area is 161 Å². The van der Waals surface area contributed by atoms with E-state index in [4.69, 9.17) is 0 Å². The Morgan fingerprint density at radius 1 is 1.26 bits per heavy atom. The van der Waals surface area contributed by atoms with E-state index in [1.807, 2.05) is 17.9 Å². The van der Waals surface area contributed by atoms with Gasteiger partial charge in [-0.1, -0.05) is 18.2 Å². The molecule has 1 saturated heterocycles. The molecule has 2 aromatic heterocycles. The number of thiophene rings is 1. The number of nitrogens with one attached hydrogen (secondary N) is 1. The molecule has 7 heteroatoms. The molecule has 5 nitrogen and oxygen atoms in total. The van der Waals surface area contributed by atoms with Crippen molar-refractivity contribution in [3.05, 3.63) is 52.4 Å². The van der Waals surface area contributed by atoms with Crippen LogP contribution < -0.4 is 5.32 Å². The highest BCUT2D eigenvalue weighted by Gasteiger charge is 2.25. The number of anilines is 1. The zero-order chi connectivity index (χ0) is 18.8. The van der Waals surface area contributed by atoms with Gasteiger partial charge in [0.05, 0.1) is 10.3 Å². The Morgan fingerprint density at radius 2 is 2.04 bits per heavy atom. The zero-order valence-electron chi connectivity index (χ0n) is 15.2. The number of rotatable bonds is 5. The number of halogens is 1. The number of aryl methyl sites for hydroxylation is 1. The fraction of sp³-hybridized carbons (Fsp3) is 0.350. The molecule has 0 atom stereocenters. The highest BCUT2D eigenvalue weighted by atomic mass is 32.1. The van der Waals surface area contributed by atoms with Crippen LogP contribution in [0.15, 0.2) is 30.6 Å². The number of hydrogen-bond donors (Lipinski definition) is 1. The van der Waals surface area contributed by atoms with Gasteiger partial charge in [0.1, 0.15) is 22.8 Å². The number of carbonyl (C=O) groups is 1. The zero-order valence-corrected chi connectivity index (χ0v) is 16.0. The summed E-state index contributed by atoms with van der Waals surface area (Å²) in [6.45, 7) is 4.16. The van der Waals surface area contributed by atoms with Gasteiger partial charge in [0.25, 0.3) is 5.91 Å². The van der Waals surface area contributed by atoms with E-state index in [1.54, 1.807) is 12.1 Å². The van der Waals surface area contributed by atoms with Crippen LogP contribution in [0.5, 0.6) is 0 Å². The summed E-state index contributed by atoms with van der Waals surface area (Å²) in [6.07, 6.45) is 4.20. The highest BCUT2D eigenvalue weighted by molar-refractivity contribution is 7.20. The third kappa shape index (κ3) is 3.51. The molecule has 3 heterocycles. The second-order valence-electron chi connectivity index (χ2n) is 6.73. The molecule has 0 unspecified atom stereocenters. The van der Waals surface area contributed by atoms with Gasteiger partial charge in [-0.25, -0.2) is 14.4 Å². The predicted octanol–water partition coefficient (Wildman–Crippen LogP) is 4.03. The summed E-state index contributed by atoms with van der Waals surface area (Å²) < 4.78 is 13.8. The molecular weight excluding hydrogens is 363 g/mol. The topological polar surface area (TPSA) is 58.1 Å². The van der Waals surface area contributed by atoms with Crippen molar-refractivity contribution in [1.29, 1.82) is 0 Å². The average molecular weight is 384 g/mol. The van der Waals surface area contributed by atoms with Crippen molar-refractivity contribution < 1.29 is 9.18 Å². The van der Waals surface area contributed by atoms with Crippen molar-refractivity contribution in [2.75, 3.05) is 25.0 Å². The Morgan fingerprint density at radius 3 is 2.81 bits per heavy atom. The van der Waals surface area contributed by atoms with Crippen molar-refractivity contribution in [2.45, 2.75) is 26.2 Å². The molecule has 4 rings (SSSR count). The molecule has 1 N–H and O–H groups in total. The first kappa shape index (κ1) is 17.9. The summed E-state index contributed by atoms with van der Waals surface area (Å²) in [7, 11) is 0. The Balaban J connectivity index is 1.56. The van der Waals surface area contributed by atoms with Gasteiger partial charge in [-0.15, -0.1) is 11.3 Å². The first-order chi connectivity index (χ1) is 13.1. The first-order valence-corrected chi connectivity index (χ1v) is 9.97. The van der Waals surface area contributed by atoms with E-state index in [1.165, 1.54) is 23.7 Å². The number of amides is 1. The van der Waals surface area contributed by atoms with Crippen LogP contribution in [-0.2, 0) is 6.42 Å². The second-order valence-corrected chi connectivity index (χ2v) is 7.73. The van der Waals surface area contributed by atoms with Gasteiger partial charge < -0.3 is 10.2 Å². The van der Waals surface area contributed by atoms with Crippen molar-refractivity contribution >= 4 is 33.3 Å². The number of carbonyl (C=O) groups excluding carboxylic acids is 1. The van der Waals surface area contributed by atoms with Gasteiger partial charge >= 0.3 is 0 Å². The van der Waals surface area contributed by atoms with Crippen LogP contribution in [0.25, 0.3) is 10.2 Å². The maximum atomic E-state index is 13.8. The molecule has 0 saturated carbocycles. The van der Waals surface area contributed by atoms with Gasteiger partial charge in [0.2, 0.25) is 0 Å². The van der Waals surface area contributed by atoms with Crippen LogP contribution in [0.1, 0.15) is 33.6 Å². The lowest BCUT2D eigenvalue weighted by atomic mass is 10.1. The minimum Gasteiger partial charge on any atom is -0.369 e. The smallest absolute Gasteiger partial charge is 0.264 e. The molecule has 3 aromatic rings. The van der Waals surface area contributed by atoms with Crippen LogP contribution in [0.3, 0.4) is 0 Å². The summed E-state index contributed by atoms with van der Waals surface area (Å²) in [6, 6.07) is 6.78. The van der Waals surface area contributed by atoms with E-state index >= 15 is 0 Å². The minimum absolute atomic E-state index is 0.0882. The van der Waals surface area contributed by atoms with Crippen LogP contribution in [0.4, 0.5) is 10.2 Å². The van der Waals surface area contributed by atoms with Gasteiger partial charge in [-0.2, -0.15) is 0 Å². The molecule has 0 bridgehead atoms. The van der Waals surface area contributed by atoms with Gasteiger partial charge in [0.15, 0.2) is 0 Å². The van der Waals surface area contributed by atoms with E-state index in [0.717, 1.165) is 46.6 Å². The molecule has 1 fully saturated rings. The fourth-order valence-corrected chi connectivity index (χ4v) is 4.61. The molecule has 1 aliphatic rings. The molecule has 140 valence electrons. The Hall–Kier alpha value is -2.54. The van der Waals surface area contributed by atoms with E-state index in [9.17, 15) is 9.18 Å². The third-order valence-corrected chi connectivity index (χ3v) is 6.15. The van der Waals surface area contributed by atoms with Crippen molar-refractivity contribution in [3.63, 3.8) is 0 Å².